The van der Waals surface area contributed by atoms with Gasteiger partial charge in [0.2, 0.25) is 0 Å². The van der Waals surface area contributed by atoms with E-state index in [0.29, 0.717) is 28.7 Å². The molecule has 3 aliphatic heterocycles. The van der Waals surface area contributed by atoms with Crippen LogP contribution in [0.3, 0.4) is 0 Å². The molecule has 178 valence electrons. The van der Waals surface area contributed by atoms with Crippen LogP contribution in [0.5, 0.6) is 0 Å². The van der Waals surface area contributed by atoms with Gasteiger partial charge in [-0.1, -0.05) is 6.42 Å². The summed E-state index contributed by atoms with van der Waals surface area (Å²) in [5, 5.41) is 6.45. The van der Waals surface area contributed by atoms with Gasteiger partial charge in [0.1, 0.15) is 24.7 Å². The zero-order chi connectivity index (χ0) is 23.0. The normalized spacial score (nSPS) is 30.9. The van der Waals surface area contributed by atoms with E-state index in [2.05, 4.69) is 32.5 Å². The minimum atomic E-state index is -0.215. The third-order valence-corrected chi connectivity index (χ3v) is 8.38. The van der Waals surface area contributed by atoms with Crippen LogP contribution >= 0.6 is 11.8 Å². The number of imidazole rings is 1. The number of urea groups is 1. The lowest BCUT2D eigenvalue weighted by Gasteiger charge is -2.23. The second kappa shape index (κ2) is 8.98. The van der Waals surface area contributed by atoms with Gasteiger partial charge in [-0.05, 0) is 32.6 Å². The average molecular weight is 476 g/mol. The number of rotatable bonds is 8. The predicted molar refractivity (Wildman–Crippen MR) is 122 cm³/mol. The number of unbranched alkanes of at least 4 members (excludes halogenated alkanes) is 1. The van der Waals surface area contributed by atoms with Gasteiger partial charge >= 0.3 is 12.0 Å². The summed E-state index contributed by atoms with van der Waals surface area (Å²) < 4.78 is 13.4. The van der Waals surface area contributed by atoms with Gasteiger partial charge in [-0.2, -0.15) is 11.8 Å². The number of aromatic nitrogens is 4. The number of carbonyl (C=O) groups is 2. The van der Waals surface area contributed by atoms with Gasteiger partial charge in [0, 0.05) is 17.4 Å². The number of hydrogen-bond acceptors (Lipinski definition) is 9. The topological polar surface area (TPSA) is 146 Å². The van der Waals surface area contributed by atoms with Crippen molar-refractivity contribution in [1.29, 1.82) is 0 Å². The number of fused-ring (bicyclic) bond motifs is 2. The molecule has 3 fully saturated rings. The summed E-state index contributed by atoms with van der Waals surface area (Å²) in [7, 11) is 0. The molecule has 4 N–H and O–H groups in total. The number of esters is 1. The Bertz CT molecular complexity index is 1050. The van der Waals surface area contributed by atoms with Crippen LogP contribution in [-0.4, -0.2) is 66.8 Å². The largest absolute Gasteiger partial charge is 0.463 e. The summed E-state index contributed by atoms with van der Waals surface area (Å²) in [5.41, 5.74) is 6.89. The molecule has 0 bridgehead atoms. The molecule has 5 rings (SSSR count). The summed E-state index contributed by atoms with van der Waals surface area (Å²) in [6.07, 6.45) is 7.34. The van der Waals surface area contributed by atoms with Crippen LogP contribution in [-0.2, 0) is 14.3 Å². The Morgan fingerprint density at radius 1 is 1.36 bits per heavy atom. The second-order valence-electron chi connectivity index (χ2n) is 9.14. The molecular formula is C21H29N7O4S. The summed E-state index contributed by atoms with van der Waals surface area (Å²) in [4.78, 5) is 36.3. The number of nitrogen functional groups attached to an aromatic ring is 1. The van der Waals surface area contributed by atoms with E-state index >= 15 is 0 Å². The molecule has 5 heterocycles. The third kappa shape index (κ3) is 4.45. The predicted octanol–water partition coefficient (Wildman–Crippen LogP) is 1.75. The number of hydrogen-bond donors (Lipinski definition) is 3. The molecule has 11 nitrogen and oxygen atoms in total. The highest BCUT2D eigenvalue weighted by atomic mass is 32.2. The van der Waals surface area contributed by atoms with Crippen LogP contribution in [0.15, 0.2) is 12.7 Å². The fourth-order valence-corrected chi connectivity index (χ4v) is 6.60. The van der Waals surface area contributed by atoms with E-state index in [0.717, 1.165) is 37.9 Å². The molecule has 2 aromatic rings. The molecule has 0 spiro atoms. The fraction of sp³-hybridized carbons (Fsp3) is 0.667. The van der Waals surface area contributed by atoms with Crippen molar-refractivity contribution in [3.8, 4) is 0 Å². The number of nitrogens with one attached hydrogen (secondary N) is 2. The van der Waals surface area contributed by atoms with Crippen molar-refractivity contribution < 1.29 is 19.1 Å². The zero-order valence-corrected chi connectivity index (χ0v) is 19.3. The monoisotopic (exact) mass is 475 g/mol. The van der Waals surface area contributed by atoms with Crippen LogP contribution in [0.4, 0.5) is 10.6 Å². The Kier molecular flexibility index (Phi) is 6.04. The molecule has 3 saturated heterocycles. The van der Waals surface area contributed by atoms with Gasteiger partial charge in [-0.3, -0.25) is 9.36 Å². The van der Waals surface area contributed by atoms with Crippen molar-refractivity contribution in [3.63, 3.8) is 0 Å². The zero-order valence-electron chi connectivity index (χ0n) is 18.5. The Morgan fingerprint density at radius 3 is 3.12 bits per heavy atom. The first-order valence-corrected chi connectivity index (χ1v) is 12.4. The van der Waals surface area contributed by atoms with Crippen molar-refractivity contribution in [3.05, 3.63) is 12.7 Å². The molecule has 5 atom stereocenters. The molecule has 0 saturated carbocycles. The first-order chi connectivity index (χ1) is 15.9. The highest BCUT2D eigenvalue weighted by Gasteiger charge is 2.51. The Labute approximate surface area is 195 Å². The molecule has 0 unspecified atom stereocenters. The highest BCUT2D eigenvalue weighted by Crippen LogP contribution is 2.39. The number of ether oxygens (including phenoxy) is 2. The molecule has 2 amide bonds. The molecule has 3 aliphatic rings. The lowest BCUT2D eigenvalue weighted by molar-refractivity contribution is -0.148. The lowest BCUT2D eigenvalue weighted by Crippen LogP contribution is -2.47. The number of nitrogens with zero attached hydrogens (tertiary/aromatic N) is 4. The van der Waals surface area contributed by atoms with E-state index < -0.39 is 0 Å². The minimum Gasteiger partial charge on any atom is -0.463 e. The fourth-order valence-electron chi connectivity index (χ4n) is 4.90. The van der Waals surface area contributed by atoms with Crippen LogP contribution in [0, 0.1) is 0 Å². The van der Waals surface area contributed by atoms with Crippen LogP contribution < -0.4 is 16.4 Å². The summed E-state index contributed by atoms with van der Waals surface area (Å²) >= 11 is 1.89. The van der Waals surface area contributed by atoms with Crippen molar-refractivity contribution in [2.75, 3.05) is 18.1 Å². The standard InChI is InChI=1S/C21H29N7O4S/c1-21-9-33-13(17(21)26-20(30)27-21)4-2-3-5-15(29)31-8-12-6-7-14(32-12)28-11-25-16-18(22)23-10-24-19(16)28/h10-14,17H,2-9H2,1H3,(H2,22,23,24)(H2,26,27,30)/t12-,13-,14+,17+,21-/m0/s1. The Balaban J connectivity index is 1.01. The van der Waals surface area contributed by atoms with E-state index in [9.17, 15) is 9.59 Å². The van der Waals surface area contributed by atoms with Crippen LogP contribution in [0.2, 0.25) is 0 Å². The van der Waals surface area contributed by atoms with Gasteiger partial charge in [0.05, 0.1) is 24.0 Å². The van der Waals surface area contributed by atoms with Crippen LogP contribution in [0.1, 0.15) is 51.7 Å². The van der Waals surface area contributed by atoms with Gasteiger partial charge in [0.15, 0.2) is 11.5 Å². The maximum atomic E-state index is 12.2. The minimum absolute atomic E-state index is 0.0774. The first kappa shape index (κ1) is 22.2. The molecule has 0 radical (unpaired) electrons. The Hall–Kier alpha value is -2.60. The smallest absolute Gasteiger partial charge is 0.315 e. The summed E-state index contributed by atoms with van der Waals surface area (Å²) in [6.45, 7) is 2.34. The van der Waals surface area contributed by atoms with Gasteiger partial charge in [-0.25, -0.2) is 19.7 Å². The molecular weight excluding hydrogens is 446 g/mol. The van der Waals surface area contributed by atoms with E-state index in [4.69, 9.17) is 15.2 Å². The number of nitrogens with two attached hydrogens (primary N) is 1. The highest BCUT2D eigenvalue weighted by molar-refractivity contribution is 8.00. The SMILES string of the molecule is C[C@]12CS[C@@H](CCCCC(=O)OC[C@@H]3CC[C@H](n4cnc5c(N)ncnc54)O3)[C@H]1NC(=O)N2. The molecule has 0 aliphatic carbocycles. The first-order valence-electron chi connectivity index (χ1n) is 11.4. The van der Waals surface area contributed by atoms with E-state index in [1.165, 1.54) is 6.33 Å². The van der Waals surface area contributed by atoms with E-state index in [1.807, 2.05) is 16.3 Å². The van der Waals surface area contributed by atoms with Crippen molar-refractivity contribution in [2.24, 2.45) is 0 Å². The van der Waals surface area contributed by atoms with E-state index in [-0.39, 0.29) is 42.5 Å². The maximum Gasteiger partial charge on any atom is 0.315 e. The third-order valence-electron chi connectivity index (χ3n) is 6.67. The number of carbonyl (C=O) groups excluding carboxylic acids is 2. The van der Waals surface area contributed by atoms with Crippen molar-refractivity contribution >= 4 is 40.7 Å². The van der Waals surface area contributed by atoms with Gasteiger partial charge in [-0.15, -0.1) is 0 Å². The number of amides is 2. The summed E-state index contributed by atoms with van der Waals surface area (Å²) in [5.74, 6) is 1.06. The molecule has 12 heteroatoms. The number of anilines is 1. The molecule has 0 aromatic carbocycles. The summed E-state index contributed by atoms with van der Waals surface area (Å²) in [6, 6.07) is 0.0799. The van der Waals surface area contributed by atoms with E-state index in [1.54, 1.807) is 6.33 Å². The molecule has 33 heavy (non-hydrogen) atoms. The van der Waals surface area contributed by atoms with Gasteiger partial charge < -0.3 is 25.8 Å². The van der Waals surface area contributed by atoms with Crippen molar-refractivity contribution in [1.82, 2.24) is 30.2 Å². The second-order valence-corrected chi connectivity index (χ2v) is 10.4. The van der Waals surface area contributed by atoms with Crippen LogP contribution in [0.25, 0.3) is 11.2 Å². The molecule has 2 aromatic heterocycles. The quantitative estimate of drug-likeness (QED) is 0.295. The van der Waals surface area contributed by atoms with Gasteiger partial charge in [0.25, 0.3) is 0 Å². The lowest BCUT2D eigenvalue weighted by atomic mass is 9.92. The maximum absolute atomic E-state index is 12.2. The average Bonchev–Trinajstić information content (AvgIpc) is 3.53. The Morgan fingerprint density at radius 2 is 2.24 bits per heavy atom. The van der Waals surface area contributed by atoms with Crippen molar-refractivity contribution in [2.45, 2.75) is 74.6 Å². The number of thioether (sulfide) groups is 1.